The van der Waals surface area contributed by atoms with Crippen molar-refractivity contribution in [3.05, 3.63) is 126 Å². The van der Waals surface area contributed by atoms with Gasteiger partial charge in [-0.1, -0.05) is 105 Å². The third-order valence-electron chi connectivity index (χ3n) is 17.4. The molecule has 34 nitrogen and oxygen atoms in total. The molecule has 0 aliphatic carbocycles. The van der Waals surface area contributed by atoms with Crippen molar-refractivity contribution in [2.24, 2.45) is 40.9 Å². The first-order valence-corrected chi connectivity index (χ1v) is 34.6. The van der Waals surface area contributed by atoms with Crippen LogP contribution in [-0.4, -0.2) is 185 Å². The molecule has 105 heavy (non-hydrogen) atoms. The molecule has 0 saturated carbocycles. The molecule has 22 N–H and O–H groups in total. The normalized spacial score (nSPS) is 14.9. The monoisotopic (exact) mass is 1460 g/mol. The number of nitrogens with one attached hydrogen (secondary N) is 13. The number of hydrogen-bond acceptors (Lipinski definition) is 19. The molecule has 5 rings (SSSR count). The lowest BCUT2D eigenvalue weighted by Crippen LogP contribution is -2.61. The largest absolute Gasteiger partial charge is 0.508 e. The van der Waals surface area contributed by atoms with Crippen molar-refractivity contribution in [3.63, 3.8) is 0 Å². The summed E-state index contributed by atoms with van der Waals surface area (Å²) in [4.78, 5) is 194. The number of carbonyl (C=O) groups excluding carboxylic acids is 13. The topological polar surface area (TPSA) is 550 Å². The number of aromatic nitrogens is 4. The van der Waals surface area contributed by atoms with E-state index in [1.54, 1.807) is 55.4 Å². The minimum Gasteiger partial charge on any atom is -0.508 e. The predicted octanol–water partition coefficient (Wildman–Crippen LogP) is -1.77. The lowest BCUT2D eigenvalue weighted by Gasteiger charge is -2.29. The maximum Gasteiger partial charge on any atom is 0.243 e. The van der Waals surface area contributed by atoms with Crippen LogP contribution in [0.25, 0.3) is 0 Å². The van der Waals surface area contributed by atoms with Gasteiger partial charge in [-0.15, -0.1) is 0 Å². The van der Waals surface area contributed by atoms with Crippen LogP contribution in [0.1, 0.15) is 116 Å². The number of nitrogens with zero attached hydrogens (tertiary/aromatic N) is 2. The Morgan fingerprint density at radius 3 is 1.21 bits per heavy atom. The van der Waals surface area contributed by atoms with Gasteiger partial charge < -0.3 is 101 Å². The van der Waals surface area contributed by atoms with Gasteiger partial charge in [-0.05, 0) is 90.1 Å². The molecule has 0 aliphatic rings. The Bertz CT molecular complexity index is 3750. The lowest BCUT2D eigenvalue weighted by molar-refractivity contribution is -0.137. The fourth-order valence-corrected chi connectivity index (χ4v) is 10.9. The molecule has 13 atom stereocenters. The summed E-state index contributed by atoms with van der Waals surface area (Å²) in [6.07, 6.45) is 5.12. The maximum atomic E-state index is 14.5. The molecular weight excluding hydrogens is 1360 g/mol. The number of benzene rings is 3. The van der Waals surface area contributed by atoms with E-state index < -0.39 is 174 Å². The summed E-state index contributed by atoms with van der Waals surface area (Å²) >= 11 is 0. The maximum absolute atomic E-state index is 14.5. The van der Waals surface area contributed by atoms with E-state index in [-0.39, 0.29) is 61.7 Å². The molecular formula is C71H100N18O16. The number of aromatic hydroxyl groups is 3. The zero-order chi connectivity index (χ0) is 77.8. The zero-order valence-corrected chi connectivity index (χ0v) is 60.2. The molecule has 2 aromatic heterocycles. The van der Waals surface area contributed by atoms with Crippen LogP contribution in [0.5, 0.6) is 17.2 Å². The van der Waals surface area contributed by atoms with Crippen LogP contribution in [0, 0.1) is 23.7 Å². The number of primary amides is 2. The molecule has 3 aromatic carbocycles. The Kier molecular flexibility index (Phi) is 32.9. The van der Waals surface area contributed by atoms with Gasteiger partial charge in [0, 0.05) is 55.9 Å². The van der Waals surface area contributed by atoms with Gasteiger partial charge in [-0.2, -0.15) is 0 Å². The van der Waals surface area contributed by atoms with Gasteiger partial charge in [0.1, 0.15) is 77.7 Å². The Balaban J connectivity index is 1.26. The minimum absolute atomic E-state index is 0.0139. The third kappa shape index (κ3) is 27.7. The molecule has 0 aliphatic heterocycles. The van der Waals surface area contributed by atoms with Crippen LogP contribution >= 0.6 is 0 Å². The highest BCUT2D eigenvalue weighted by Crippen LogP contribution is 2.19. The summed E-state index contributed by atoms with van der Waals surface area (Å²) in [6, 6.07) is 2.01. The Labute approximate surface area is 607 Å². The highest BCUT2D eigenvalue weighted by molar-refractivity contribution is 6.00. The second kappa shape index (κ2) is 41.0. The van der Waals surface area contributed by atoms with Crippen LogP contribution < -0.4 is 75.7 Å². The second-order valence-corrected chi connectivity index (χ2v) is 26.8. The summed E-state index contributed by atoms with van der Waals surface area (Å²) in [7, 11) is 0. The summed E-state index contributed by atoms with van der Waals surface area (Å²) in [5.41, 5.74) is 20.0. The second-order valence-electron chi connectivity index (χ2n) is 26.8. The number of H-pyrrole nitrogens is 2. The van der Waals surface area contributed by atoms with Gasteiger partial charge in [0.2, 0.25) is 76.8 Å². The van der Waals surface area contributed by atoms with E-state index in [0.717, 1.165) is 0 Å². The van der Waals surface area contributed by atoms with E-state index in [1.807, 2.05) is 0 Å². The van der Waals surface area contributed by atoms with Crippen LogP contribution in [0.4, 0.5) is 0 Å². The summed E-state index contributed by atoms with van der Waals surface area (Å²) in [5.74, 6) is -13.9. The SMILES string of the molecule is CC[C@H](C)[C@H](NC(=O)C(Cc1ccc(O)cc1)NC(=O)[C@H](CC(N)=O)NC(=O)[C@@H](NC(=O)[C@H](C)NC(=O)CNC(=O)[C@H](CC(C)C)NC(=O)C(Cc1ccc(O)cc1)NC(=O)[C@@H](NC(=O)[C@H](Cc1cnc[nH]1)NC(=O)[C@@H](N)Cc1cnc[nH]1)[C@@H](C)CC)C(C)C)C(=O)N[C@@H](Cc1ccc(O)cc1)C(N)=O. The predicted molar refractivity (Wildman–Crippen MR) is 382 cm³/mol. The van der Waals surface area contributed by atoms with Crippen molar-refractivity contribution < 1.29 is 77.6 Å². The first-order valence-electron chi connectivity index (χ1n) is 34.6. The molecule has 13 amide bonds. The highest BCUT2D eigenvalue weighted by atomic mass is 16.3. The van der Waals surface area contributed by atoms with E-state index in [1.165, 1.54) is 105 Å². The van der Waals surface area contributed by atoms with Crippen molar-refractivity contribution >= 4 is 76.8 Å². The lowest BCUT2D eigenvalue weighted by atomic mass is 9.96. The average Bonchev–Trinajstić information content (AvgIpc) is 1.18. The van der Waals surface area contributed by atoms with E-state index in [0.29, 0.717) is 40.9 Å². The summed E-state index contributed by atoms with van der Waals surface area (Å²) in [5, 5.41) is 58.4. The van der Waals surface area contributed by atoms with Crippen molar-refractivity contribution in [1.82, 2.24) is 78.4 Å². The number of nitrogens with two attached hydrogens (primary N) is 3. The van der Waals surface area contributed by atoms with Crippen LogP contribution in [0.2, 0.25) is 0 Å². The average molecular weight is 1460 g/mol. The first kappa shape index (κ1) is 84.2. The quantitative estimate of drug-likeness (QED) is 0.0206. The number of phenolic OH excluding ortho intramolecular Hbond substituents is 3. The molecule has 2 unspecified atom stereocenters. The van der Waals surface area contributed by atoms with E-state index in [9.17, 15) is 77.6 Å². The van der Waals surface area contributed by atoms with Gasteiger partial charge in [-0.3, -0.25) is 62.3 Å². The molecule has 2 heterocycles. The summed E-state index contributed by atoms with van der Waals surface area (Å²) in [6.45, 7) is 14.0. The molecule has 0 bridgehead atoms. The Morgan fingerprint density at radius 2 is 0.790 bits per heavy atom. The van der Waals surface area contributed by atoms with E-state index in [2.05, 4.69) is 78.4 Å². The van der Waals surface area contributed by atoms with Crippen molar-refractivity contribution in [2.75, 3.05) is 6.54 Å². The molecule has 0 fully saturated rings. The number of hydrogen-bond donors (Lipinski definition) is 19. The number of rotatable bonds is 42. The standard InChI is InChI=1S/C71H100N18O16/c1-10-38(7)59(70(104)81-50(61(74)95)25-41-12-18-46(90)19-13-41)88-67(101)53(27-43-16-22-48(92)23-17-43)84-66(100)55(30-56(73)93)86-69(103)58(37(5)6)87-62(96)40(9)80-57(94)33-77-64(98)51(24-36(3)4)83-65(99)52(26-42-14-20-47(91)21-15-42)85-71(105)60(39(8)11-2)89-68(102)54(29-45-32-76-35-79-45)82-63(97)49(72)28-44-31-75-34-78-44/h12-23,31-32,34-40,49-55,58-60,90-92H,10-11,24-30,33,72H2,1-9H3,(H2,73,93)(H2,74,95)(H,75,78)(H,76,79)(H,77,98)(H,80,94)(H,81,104)(H,82,97)(H,83,99)(H,84,100)(H,85,105)(H,86,103)(H,87,96)(H,88,101)(H,89,102)/t38-,39-,40-,49-,50-,51-,52?,53?,54-,55-,58-,59-,60-/m0/s1. The van der Waals surface area contributed by atoms with Gasteiger partial charge in [0.25, 0.3) is 0 Å². The van der Waals surface area contributed by atoms with Gasteiger partial charge in [0.15, 0.2) is 0 Å². The number of aromatic amines is 2. The molecule has 0 saturated heterocycles. The van der Waals surface area contributed by atoms with Crippen LogP contribution in [-0.2, 0) is 94.4 Å². The fraction of sp³-hybridized carbons (Fsp3) is 0.479. The molecule has 570 valence electrons. The summed E-state index contributed by atoms with van der Waals surface area (Å²) < 4.78 is 0. The smallest absolute Gasteiger partial charge is 0.243 e. The number of phenols is 3. The van der Waals surface area contributed by atoms with Gasteiger partial charge in [0.05, 0.1) is 31.7 Å². The van der Waals surface area contributed by atoms with Crippen molar-refractivity contribution in [2.45, 2.75) is 187 Å². The minimum atomic E-state index is -1.78. The highest BCUT2D eigenvalue weighted by Gasteiger charge is 2.38. The molecule has 34 heteroatoms. The molecule has 0 radical (unpaired) electrons. The molecule has 5 aromatic rings. The zero-order valence-electron chi connectivity index (χ0n) is 60.2. The van der Waals surface area contributed by atoms with Crippen molar-refractivity contribution in [1.29, 1.82) is 0 Å². The van der Waals surface area contributed by atoms with Crippen molar-refractivity contribution in [3.8, 4) is 17.2 Å². The Morgan fingerprint density at radius 1 is 0.419 bits per heavy atom. The fourth-order valence-electron chi connectivity index (χ4n) is 10.9. The van der Waals surface area contributed by atoms with Crippen LogP contribution in [0.3, 0.4) is 0 Å². The first-order chi connectivity index (χ1) is 49.6. The third-order valence-corrected chi connectivity index (χ3v) is 17.4. The van der Waals surface area contributed by atoms with Gasteiger partial charge >= 0.3 is 0 Å². The number of imidazole rings is 2. The van der Waals surface area contributed by atoms with Crippen LogP contribution in [0.15, 0.2) is 97.8 Å². The number of amides is 13. The number of carbonyl (C=O) groups is 13. The van der Waals surface area contributed by atoms with Gasteiger partial charge in [-0.25, -0.2) is 9.97 Å². The molecule has 0 spiro atoms. The van der Waals surface area contributed by atoms with E-state index >= 15 is 0 Å². The van der Waals surface area contributed by atoms with E-state index in [4.69, 9.17) is 17.2 Å². The Hall–Kier alpha value is -11.5.